The summed E-state index contributed by atoms with van der Waals surface area (Å²) >= 11 is 0. The highest BCUT2D eigenvalue weighted by Gasteiger charge is 2.23. The highest BCUT2D eigenvalue weighted by atomic mass is 19.1. The van der Waals surface area contributed by atoms with Gasteiger partial charge in [0, 0.05) is 36.8 Å². The zero-order valence-corrected chi connectivity index (χ0v) is 18.0. The number of aromatic nitrogens is 1. The van der Waals surface area contributed by atoms with Crippen LogP contribution in [0.4, 0.5) is 4.39 Å². The molecule has 1 aliphatic rings. The average molecular weight is 435 g/mol. The summed E-state index contributed by atoms with van der Waals surface area (Å²) in [5, 5.41) is 6.70. The SMILES string of the molecule is Cc1ccc(C(=O)N2CCC(CCNC(=O)c3cc(-c4ccc(F)cc4)on3)CC2)cc1. The number of rotatable bonds is 6. The Morgan fingerprint density at radius 2 is 1.78 bits per heavy atom. The minimum absolute atomic E-state index is 0.0831. The van der Waals surface area contributed by atoms with Gasteiger partial charge < -0.3 is 14.7 Å². The second-order valence-electron chi connectivity index (χ2n) is 8.23. The molecule has 0 spiro atoms. The Bertz CT molecular complexity index is 1070. The van der Waals surface area contributed by atoms with Gasteiger partial charge in [0.2, 0.25) is 0 Å². The van der Waals surface area contributed by atoms with E-state index in [1.54, 1.807) is 18.2 Å². The van der Waals surface area contributed by atoms with Gasteiger partial charge in [-0.2, -0.15) is 0 Å². The van der Waals surface area contributed by atoms with E-state index in [2.05, 4.69) is 10.5 Å². The van der Waals surface area contributed by atoms with Gasteiger partial charge in [-0.05, 0) is 68.5 Å². The van der Waals surface area contributed by atoms with Gasteiger partial charge in [0.05, 0.1) is 0 Å². The quantitative estimate of drug-likeness (QED) is 0.620. The van der Waals surface area contributed by atoms with Crippen molar-refractivity contribution in [1.29, 1.82) is 0 Å². The van der Waals surface area contributed by atoms with Crippen LogP contribution in [0.3, 0.4) is 0 Å². The van der Waals surface area contributed by atoms with Crippen molar-refractivity contribution in [1.82, 2.24) is 15.4 Å². The van der Waals surface area contributed by atoms with E-state index >= 15 is 0 Å². The van der Waals surface area contributed by atoms with Gasteiger partial charge in [-0.15, -0.1) is 0 Å². The summed E-state index contributed by atoms with van der Waals surface area (Å²) in [6, 6.07) is 15.0. The molecule has 2 heterocycles. The summed E-state index contributed by atoms with van der Waals surface area (Å²) in [7, 11) is 0. The first-order chi connectivity index (χ1) is 15.5. The number of aryl methyl sites for hydroxylation is 1. The van der Waals surface area contributed by atoms with E-state index in [9.17, 15) is 14.0 Å². The standard InChI is InChI=1S/C25H26FN3O3/c1-17-2-4-20(5-3-17)25(31)29-14-11-18(12-15-29)10-13-27-24(30)22-16-23(32-28-22)19-6-8-21(26)9-7-19/h2-9,16,18H,10-15H2,1H3,(H,27,30). The predicted octanol–water partition coefficient (Wildman–Crippen LogP) is 4.46. The molecular formula is C25H26FN3O3. The topological polar surface area (TPSA) is 75.4 Å². The van der Waals surface area contributed by atoms with Crippen LogP contribution >= 0.6 is 0 Å². The third kappa shape index (κ3) is 5.22. The Morgan fingerprint density at radius 1 is 1.09 bits per heavy atom. The molecule has 4 rings (SSSR count). The van der Waals surface area contributed by atoms with E-state index in [-0.39, 0.29) is 23.3 Å². The van der Waals surface area contributed by atoms with Crippen LogP contribution in [0.25, 0.3) is 11.3 Å². The molecule has 2 amide bonds. The van der Waals surface area contributed by atoms with Crippen molar-refractivity contribution in [3.63, 3.8) is 0 Å². The van der Waals surface area contributed by atoms with Crippen LogP contribution in [0.2, 0.25) is 0 Å². The number of benzene rings is 2. The maximum Gasteiger partial charge on any atom is 0.273 e. The number of nitrogens with one attached hydrogen (secondary N) is 1. The normalized spacial score (nSPS) is 14.4. The minimum atomic E-state index is -0.336. The lowest BCUT2D eigenvalue weighted by Gasteiger charge is -2.32. The van der Waals surface area contributed by atoms with Gasteiger partial charge in [-0.3, -0.25) is 9.59 Å². The fourth-order valence-electron chi connectivity index (χ4n) is 3.92. The molecule has 1 saturated heterocycles. The average Bonchev–Trinajstić information content (AvgIpc) is 3.30. The van der Waals surface area contributed by atoms with Gasteiger partial charge in [0.1, 0.15) is 5.82 Å². The van der Waals surface area contributed by atoms with Crippen molar-refractivity contribution in [2.75, 3.05) is 19.6 Å². The third-order valence-corrected chi connectivity index (χ3v) is 5.91. The first kappa shape index (κ1) is 21.7. The van der Waals surface area contributed by atoms with Crippen LogP contribution in [0.15, 0.2) is 59.1 Å². The molecule has 1 aliphatic heterocycles. The number of hydrogen-bond donors (Lipinski definition) is 1. The molecule has 0 saturated carbocycles. The van der Waals surface area contributed by atoms with Gasteiger partial charge in [0.25, 0.3) is 11.8 Å². The minimum Gasteiger partial charge on any atom is -0.355 e. The van der Waals surface area contributed by atoms with Crippen molar-refractivity contribution in [3.8, 4) is 11.3 Å². The molecule has 0 radical (unpaired) electrons. The Kier molecular flexibility index (Phi) is 6.63. The van der Waals surface area contributed by atoms with Crippen LogP contribution in [-0.4, -0.2) is 41.5 Å². The Balaban J connectivity index is 1.21. The van der Waals surface area contributed by atoms with Crippen LogP contribution < -0.4 is 5.32 Å². The summed E-state index contributed by atoms with van der Waals surface area (Å²) < 4.78 is 18.3. The number of likely N-dealkylation sites (tertiary alicyclic amines) is 1. The monoisotopic (exact) mass is 435 g/mol. The molecule has 32 heavy (non-hydrogen) atoms. The molecule has 3 aromatic rings. The van der Waals surface area contributed by atoms with E-state index in [1.807, 2.05) is 36.1 Å². The van der Waals surface area contributed by atoms with Crippen LogP contribution in [0.5, 0.6) is 0 Å². The molecule has 166 valence electrons. The second kappa shape index (κ2) is 9.77. The molecule has 1 N–H and O–H groups in total. The maximum absolute atomic E-state index is 13.1. The maximum atomic E-state index is 13.1. The summed E-state index contributed by atoms with van der Waals surface area (Å²) in [5.74, 6) is 0.329. The van der Waals surface area contributed by atoms with Crippen LogP contribution in [0, 0.1) is 18.7 Å². The van der Waals surface area contributed by atoms with Crippen molar-refractivity contribution in [3.05, 3.63) is 77.2 Å². The number of hydrogen-bond acceptors (Lipinski definition) is 4. The summed E-state index contributed by atoms with van der Waals surface area (Å²) in [5.41, 5.74) is 2.72. The number of nitrogens with zero attached hydrogens (tertiary/aromatic N) is 2. The first-order valence-corrected chi connectivity index (χ1v) is 10.9. The highest BCUT2D eigenvalue weighted by molar-refractivity contribution is 5.94. The molecular weight excluding hydrogens is 409 g/mol. The summed E-state index contributed by atoms with van der Waals surface area (Å²) in [4.78, 5) is 26.9. The Labute approximate surface area is 186 Å². The van der Waals surface area contributed by atoms with Crippen molar-refractivity contribution < 1.29 is 18.5 Å². The lowest BCUT2D eigenvalue weighted by atomic mass is 9.93. The van der Waals surface area contributed by atoms with E-state index < -0.39 is 0 Å². The van der Waals surface area contributed by atoms with Crippen molar-refractivity contribution >= 4 is 11.8 Å². The highest BCUT2D eigenvalue weighted by Crippen LogP contribution is 2.23. The molecule has 6 nitrogen and oxygen atoms in total. The first-order valence-electron chi connectivity index (χ1n) is 10.9. The van der Waals surface area contributed by atoms with E-state index in [1.165, 1.54) is 12.1 Å². The summed E-state index contributed by atoms with van der Waals surface area (Å²) in [6.45, 7) is 4.01. The summed E-state index contributed by atoms with van der Waals surface area (Å²) in [6.07, 6.45) is 2.69. The van der Waals surface area contributed by atoms with Crippen molar-refractivity contribution in [2.24, 2.45) is 5.92 Å². The molecule has 2 aromatic carbocycles. The number of amides is 2. The Hall–Kier alpha value is -3.48. The van der Waals surface area contributed by atoms with Gasteiger partial charge >= 0.3 is 0 Å². The van der Waals surface area contributed by atoms with Crippen molar-refractivity contribution in [2.45, 2.75) is 26.2 Å². The number of piperidine rings is 1. The van der Waals surface area contributed by atoms with Crippen LogP contribution in [-0.2, 0) is 0 Å². The fraction of sp³-hybridized carbons (Fsp3) is 0.320. The lowest BCUT2D eigenvalue weighted by molar-refractivity contribution is 0.0687. The number of carbonyl (C=O) groups is 2. The fourth-order valence-corrected chi connectivity index (χ4v) is 3.92. The van der Waals surface area contributed by atoms with E-state index in [4.69, 9.17) is 4.52 Å². The molecule has 0 aliphatic carbocycles. The smallest absolute Gasteiger partial charge is 0.273 e. The second-order valence-corrected chi connectivity index (χ2v) is 8.23. The molecule has 7 heteroatoms. The molecule has 1 fully saturated rings. The van der Waals surface area contributed by atoms with Gasteiger partial charge in [-0.25, -0.2) is 4.39 Å². The molecule has 1 aromatic heterocycles. The van der Waals surface area contributed by atoms with E-state index in [0.29, 0.717) is 23.8 Å². The predicted molar refractivity (Wildman–Crippen MR) is 119 cm³/mol. The van der Waals surface area contributed by atoms with Gasteiger partial charge in [0.15, 0.2) is 11.5 Å². The molecule has 0 unspecified atom stereocenters. The zero-order chi connectivity index (χ0) is 22.5. The van der Waals surface area contributed by atoms with E-state index in [0.717, 1.165) is 43.5 Å². The lowest BCUT2D eigenvalue weighted by Crippen LogP contribution is -2.39. The molecule has 0 atom stereocenters. The largest absolute Gasteiger partial charge is 0.355 e. The van der Waals surface area contributed by atoms with Crippen LogP contribution in [0.1, 0.15) is 45.7 Å². The zero-order valence-electron chi connectivity index (χ0n) is 18.0. The van der Waals surface area contributed by atoms with Gasteiger partial charge in [-0.1, -0.05) is 22.9 Å². The number of carbonyl (C=O) groups excluding carboxylic acids is 2. The number of halogens is 1. The Morgan fingerprint density at radius 3 is 2.47 bits per heavy atom. The molecule has 0 bridgehead atoms. The third-order valence-electron chi connectivity index (χ3n) is 5.91.